The predicted octanol–water partition coefficient (Wildman–Crippen LogP) is 3.92. The SMILES string of the molecule is O=S(=O)(O)O.[NH-]C(c1ccccc1)C([NH-])c1ccccc1.[Pt+2]. The van der Waals surface area contributed by atoms with Gasteiger partial charge in [-0.25, -0.2) is 0 Å². The van der Waals surface area contributed by atoms with Gasteiger partial charge in [0.1, 0.15) is 0 Å². The van der Waals surface area contributed by atoms with E-state index in [0.717, 1.165) is 11.1 Å². The third-order valence-corrected chi connectivity index (χ3v) is 2.65. The summed E-state index contributed by atoms with van der Waals surface area (Å²) in [7, 11) is -4.67. The van der Waals surface area contributed by atoms with Crippen molar-refractivity contribution in [3.05, 3.63) is 83.3 Å². The summed E-state index contributed by atoms with van der Waals surface area (Å²) in [6.07, 6.45) is 0. The average molecular weight is 503 g/mol. The number of benzene rings is 2. The third-order valence-electron chi connectivity index (χ3n) is 2.65. The van der Waals surface area contributed by atoms with Crippen LogP contribution in [0.4, 0.5) is 0 Å². The van der Waals surface area contributed by atoms with Crippen LogP contribution >= 0.6 is 0 Å². The molecule has 8 heteroatoms. The first kappa shape index (κ1) is 20.9. The molecule has 0 aliphatic rings. The van der Waals surface area contributed by atoms with E-state index in [0.29, 0.717) is 0 Å². The van der Waals surface area contributed by atoms with Crippen LogP contribution < -0.4 is 0 Å². The van der Waals surface area contributed by atoms with E-state index < -0.39 is 22.5 Å². The molecular weight excluding hydrogens is 487 g/mol. The first-order valence-electron chi connectivity index (χ1n) is 6.01. The summed E-state index contributed by atoms with van der Waals surface area (Å²) >= 11 is 0. The largest absolute Gasteiger partial charge is 2.00 e. The van der Waals surface area contributed by atoms with Gasteiger partial charge in [-0.2, -0.15) is 8.42 Å². The maximum absolute atomic E-state index is 8.74. The molecule has 2 aromatic rings. The fraction of sp³-hybridized carbons (Fsp3) is 0.143. The van der Waals surface area contributed by atoms with Crippen molar-refractivity contribution in [3.63, 3.8) is 0 Å². The van der Waals surface area contributed by atoms with Crippen LogP contribution in [-0.2, 0) is 31.5 Å². The van der Waals surface area contributed by atoms with Crippen molar-refractivity contribution in [3.8, 4) is 0 Å². The number of hydrogen-bond acceptors (Lipinski definition) is 2. The summed E-state index contributed by atoms with van der Waals surface area (Å²) in [5, 5.41) is 0. The van der Waals surface area contributed by atoms with Gasteiger partial charge in [0, 0.05) is 0 Å². The second-order valence-electron chi connectivity index (χ2n) is 4.22. The molecule has 2 rings (SSSR count). The van der Waals surface area contributed by atoms with E-state index in [2.05, 4.69) is 0 Å². The van der Waals surface area contributed by atoms with Crippen LogP contribution in [0, 0.1) is 0 Å². The van der Waals surface area contributed by atoms with Crippen LogP contribution in [0.5, 0.6) is 0 Å². The van der Waals surface area contributed by atoms with Gasteiger partial charge in [0.2, 0.25) is 0 Å². The van der Waals surface area contributed by atoms with Crippen molar-refractivity contribution in [1.29, 1.82) is 0 Å². The Morgan fingerprint density at radius 2 is 0.955 bits per heavy atom. The van der Waals surface area contributed by atoms with Crippen LogP contribution in [0.25, 0.3) is 11.5 Å². The van der Waals surface area contributed by atoms with E-state index in [1.807, 2.05) is 60.7 Å². The molecule has 122 valence electrons. The molecule has 22 heavy (non-hydrogen) atoms. The van der Waals surface area contributed by atoms with Crippen molar-refractivity contribution in [2.45, 2.75) is 12.1 Å². The summed E-state index contributed by atoms with van der Waals surface area (Å²) in [6.45, 7) is 0. The molecule has 0 bridgehead atoms. The van der Waals surface area contributed by atoms with Gasteiger partial charge in [-0.1, -0.05) is 71.8 Å². The molecule has 0 aliphatic heterocycles. The molecule has 0 saturated carbocycles. The molecular formula is C14H16N2O4PtS. The standard InChI is InChI=1S/C14H14N2.H2O4S.Pt/c15-13(11-7-3-1-4-8-11)14(16)12-9-5-2-6-10-12;1-5(2,3)4;/h1-10,13-16H;(H2,1,2,3,4);/q-2;;+2. The van der Waals surface area contributed by atoms with Crippen molar-refractivity contribution in [2.75, 3.05) is 0 Å². The number of rotatable bonds is 3. The molecule has 0 aliphatic carbocycles. The Hall–Kier alpha value is -1.08. The summed E-state index contributed by atoms with van der Waals surface area (Å²) in [4.78, 5) is 0. The van der Waals surface area contributed by atoms with Crippen LogP contribution in [0.15, 0.2) is 60.7 Å². The van der Waals surface area contributed by atoms with Gasteiger partial charge in [0.05, 0.1) is 0 Å². The molecule has 0 amide bonds. The number of nitrogens with one attached hydrogen (secondary N) is 2. The quantitative estimate of drug-likeness (QED) is 0.617. The van der Waals surface area contributed by atoms with Gasteiger partial charge in [-0.15, -0.1) is 12.1 Å². The fourth-order valence-corrected chi connectivity index (χ4v) is 1.71. The topological polar surface area (TPSA) is 122 Å². The summed E-state index contributed by atoms with van der Waals surface area (Å²) in [5.41, 5.74) is 17.9. The van der Waals surface area contributed by atoms with Crippen molar-refractivity contribution >= 4 is 10.4 Å². The normalized spacial score (nSPS) is 13.1. The first-order chi connectivity index (χ1) is 9.79. The van der Waals surface area contributed by atoms with E-state index in [1.165, 1.54) is 0 Å². The van der Waals surface area contributed by atoms with Gasteiger partial charge in [0.15, 0.2) is 0 Å². The zero-order chi connectivity index (χ0) is 15.9. The minimum atomic E-state index is -4.67. The first-order valence-corrected chi connectivity index (χ1v) is 7.40. The van der Waals surface area contributed by atoms with E-state index >= 15 is 0 Å². The Labute approximate surface area is 144 Å². The molecule has 2 unspecified atom stereocenters. The summed E-state index contributed by atoms with van der Waals surface area (Å²) in [5.74, 6) is 0. The van der Waals surface area contributed by atoms with Gasteiger partial charge < -0.3 is 11.5 Å². The number of hydrogen-bond donors (Lipinski definition) is 2. The summed E-state index contributed by atoms with van der Waals surface area (Å²) in [6, 6.07) is 18.1. The predicted molar refractivity (Wildman–Crippen MR) is 81.2 cm³/mol. The Morgan fingerprint density at radius 1 is 0.727 bits per heavy atom. The van der Waals surface area contributed by atoms with Crippen LogP contribution in [0.2, 0.25) is 0 Å². The van der Waals surface area contributed by atoms with Gasteiger partial charge in [0.25, 0.3) is 0 Å². The van der Waals surface area contributed by atoms with Crippen LogP contribution in [0.3, 0.4) is 0 Å². The Morgan fingerprint density at radius 3 is 1.18 bits per heavy atom. The van der Waals surface area contributed by atoms with Gasteiger partial charge >= 0.3 is 31.5 Å². The minimum Gasteiger partial charge on any atom is -0.672 e. The maximum atomic E-state index is 8.74. The van der Waals surface area contributed by atoms with Crippen molar-refractivity contribution in [1.82, 2.24) is 0 Å². The molecule has 0 saturated heterocycles. The summed E-state index contributed by atoms with van der Waals surface area (Å²) < 4.78 is 31.6. The molecule has 0 fully saturated rings. The molecule has 4 N–H and O–H groups in total. The Kier molecular flexibility index (Phi) is 9.35. The molecule has 0 radical (unpaired) electrons. The molecule has 0 spiro atoms. The second-order valence-corrected chi connectivity index (χ2v) is 5.12. The van der Waals surface area contributed by atoms with Crippen molar-refractivity contribution in [2.24, 2.45) is 0 Å². The van der Waals surface area contributed by atoms with Gasteiger partial charge in [-0.3, -0.25) is 9.11 Å². The van der Waals surface area contributed by atoms with Crippen molar-refractivity contribution < 1.29 is 38.6 Å². The Bertz CT molecular complexity index is 587. The molecule has 6 nitrogen and oxygen atoms in total. The van der Waals surface area contributed by atoms with Gasteiger partial charge in [-0.05, 0) is 0 Å². The Balaban J connectivity index is 0.000000644. The maximum Gasteiger partial charge on any atom is 2.00 e. The monoisotopic (exact) mass is 503 g/mol. The molecule has 0 heterocycles. The molecule has 2 aromatic carbocycles. The zero-order valence-electron chi connectivity index (χ0n) is 11.4. The van der Waals surface area contributed by atoms with E-state index in [9.17, 15) is 0 Å². The minimum absolute atomic E-state index is 0. The second kappa shape index (κ2) is 9.84. The van der Waals surface area contributed by atoms with E-state index in [-0.39, 0.29) is 21.1 Å². The third kappa shape index (κ3) is 8.38. The van der Waals surface area contributed by atoms with E-state index in [4.69, 9.17) is 29.0 Å². The van der Waals surface area contributed by atoms with Crippen LogP contribution in [0.1, 0.15) is 23.2 Å². The average Bonchev–Trinajstić information content (AvgIpc) is 2.46. The molecule has 0 aromatic heterocycles. The zero-order valence-corrected chi connectivity index (χ0v) is 14.5. The smallest absolute Gasteiger partial charge is 0.672 e. The molecule has 2 atom stereocenters. The fourth-order valence-electron chi connectivity index (χ4n) is 1.71. The van der Waals surface area contributed by atoms with Crippen LogP contribution in [-0.4, -0.2) is 17.5 Å². The van der Waals surface area contributed by atoms with E-state index in [1.54, 1.807) is 0 Å².